The molecule has 1 spiro atoms. The zero-order chi connectivity index (χ0) is 33.8. The first-order valence-corrected chi connectivity index (χ1v) is 17.7. The van der Waals surface area contributed by atoms with Gasteiger partial charge in [-0.15, -0.1) is 12.3 Å². The second kappa shape index (κ2) is 14.1. The Labute approximate surface area is 277 Å². The van der Waals surface area contributed by atoms with Crippen molar-refractivity contribution in [3.8, 4) is 23.5 Å². The molecule has 1 saturated carbocycles. The number of hydrogen-bond acceptors (Lipinski definition) is 7. The van der Waals surface area contributed by atoms with E-state index in [1.165, 1.54) is 0 Å². The standard InChI is InChI=1S/C36H43N5O5S/c1-6-8-16-32-37-36(20-12-13-21-36)35(43)41(32)23-27-18-19-29(28(22-27)24-40(5)33(42)17-9-7-2)30-14-10-11-15-31(30)47(44,45)39-34-25(3)26(4)46-38-34/h2,10-11,14-15,18-19,22H,6,8-9,12-13,16-17,20-21,23-24H2,1,3-5H3,(H,38,39). The van der Waals surface area contributed by atoms with E-state index < -0.39 is 15.6 Å². The molecule has 1 N–H and O–H groups in total. The van der Waals surface area contributed by atoms with E-state index in [4.69, 9.17) is 15.9 Å². The van der Waals surface area contributed by atoms with Crippen LogP contribution in [0, 0.1) is 26.2 Å². The maximum Gasteiger partial charge on any atom is 0.263 e. The Morgan fingerprint density at radius 2 is 1.89 bits per heavy atom. The molecule has 5 rings (SSSR count). The lowest BCUT2D eigenvalue weighted by molar-refractivity contribution is -0.131. The summed E-state index contributed by atoms with van der Waals surface area (Å²) >= 11 is 0. The van der Waals surface area contributed by atoms with Gasteiger partial charge in [0.25, 0.3) is 15.9 Å². The van der Waals surface area contributed by atoms with Gasteiger partial charge in [0.1, 0.15) is 17.1 Å². The average Bonchev–Trinajstić information content (AvgIpc) is 3.73. The lowest BCUT2D eigenvalue weighted by atomic mass is 9.96. The zero-order valence-electron chi connectivity index (χ0n) is 27.6. The van der Waals surface area contributed by atoms with Crippen LogP contribution in [0.1, 0.15) is 87.2 Å². The Bertz CT molecular complexity index is 1830. The van der Waals surface area contributed by atoms with Crippen LogP contribution in [0.2, 0.25) is 0 Å². The summed E-state index contributed by atoms with van der Waals surface area (Å²) in [5.41, 5.74) is 2.69. The van der Waals surface area contributed by atoms with Crippen molar-refractivity contribution in [2.75, 3.05) is 11.8 Å². The number of aryl methyl sites for hydroxylation is 1. The molecule has 248 valence electrons. The van der Waals surface area contributed by atoms with Crippen LogP contribution in [0.25, 0.3) is 11.1 Å². The molecule has 11 heteroatoms. The predicted molar refractivity (Wildman–Crippen MR) is 182 cm³/mol. The molecule has 0 radical (unpaired) electrons. The topological polar surface area (TPSA) is 125 Å². The van der Waals surface area contributed by atoms with Gasteiger partial charge in [-0.3, -0.25) is 24.2 Å². The van der Waals surface area contributed by atoms with Crippen molar-refractivity contribution in [2.24, 2.45) is 4.99 Å². The van der Waals surface area contributed by atoms with E-state index in [0.717, 1.165) is 61.9 Å². The van der Waals surface area contributed by atoms with Crippen molar-refractivity contribution in [3.63, 3.8) is 0 Å². The highest BCUT2D eigenvalue weighted by Crippen LogP contribution is 2.40. The number of rotatable bonds is 13. The van der Waals surface area contributed by atoms with Crippen molar-refractivity contribution in [2.45, 2.75) is 102 Å². The quantitative estimate of drug-likeness (QED) is 0.213. The second-order valence-corrected chi connectivity index (χ2v) is 14.2. The normalized spacial score (nSPS) is 15.6. The number of nitrogens with one attached hydrogen (secondary N) is 1. The zero-order valence-corrected chi connectivity index (χ0v) is 28.5. The Morgan fingerprint density at radius 1 is 1.15 bits per heavy atom. The number of carbonyl (C=O) groups is 2. The molecule has 2 heterocycles. The number of sulfonamides is 1. The van der Waals surface area contributed by atoms with Gasteiger partial charge < -0.3 is 9.42 Å². The molecule has 0 atom stereocenters. The number of amidine groups is 1. The van der Waals surface area contributed by atoms with E-state index in [1.54, 1.807) is 50.1 Å². The van der Waals surface area contributed by atoms with E-state index in [9.17, 15) is 18.0 Å². The van der Waals surface area contributed by atoms with Crippen LogP contribution in [0.4, 0.5) is 5.82 Å². The number of aliphatic imine (C=N–C) groups is 1. The molecule has 0 unspecified atom stereocenters. The van der Waals surface area contributed by atoms with Crippen molar-refractivity contribution >= 4 is 33.5 Å². The number of unbranched alkanes of at least 4 members (excludes halogenated alkanes) is 1. The molecule has 2 aliphatic rings. The highest BCUT2D eigenvalue weighted by Gasteiger charge is 2.49. The van der Waals surface area contributed by atoms with Gasteiger partial charge in [-0.25, -0.2) is 8.42 Å². The Morgan fingerprint density at radius 3 is 2.57 bits per heavy atom. The van der Waals surface area contributed by atoms with Crippen LogP contribution in [-0.2, 0) is 32.7 Å². The summed E-state index contributed by atoms with van der Waals surface area (Å²) in [7, 11) is -2.38. The Balaban J connectivity index is 1.53. The number of hydrogen-bond donors (Lipinski definition) is 1. The molecule has 0 saturated heterocycles. The second-order valence-electron chi connectivity index (χ2n) is 12.5. The van der Waals surface area contributed by atoms with Gasteiger partial charge >= 0.3 is 0 Å². The van der Waals surface area contributed by atoms with Crippen LogP contribution < -0.4 is 4.72 Å². The van der Waals surface area contributed by atoms with Crippen LogP contribution in [0.3, 0.4) is 0 Å². The molecule has 2 amide bonds. The first kappa shape index (κ1) is 33.9. The third kappa shape index (κ3) is 7.13. The van der Waals surface area contributed by atoms with Gasteiger partial charge in [0.05, 0.1) is 11.4 Å². The SMILES string of the molecule is C#CCCC(=O)N(C)Cc1cc(CN2C(=O)C3(CCCC3)N=C2CCCC)ccc1-c1ccccc1S(=O)(=O)Nc1noc(C)c1C. The van der Waals surface area contributed by atoms with Crippen LogP contribution >= 0.6 is 0 Å². The van der Waals surface area contributed by atoms with Gasteiger partial charge in [0.15, 0.2) is 5.82 Å². The molecule has 1 fully saturated rings. The van der Waals surface area contributed by atoms with Crippen molar-refractivity contribution < 1.29 is 22.5 Å². The van der Waals surface area contributed by atoms with E-state index >= 15 is 0 Å². The van der Waals surface area contributed by atoms with Gasteiger partial charge in [-0.2, -0.15) is 0 Å². The first-order chi connectivity index (χ1) is 22.5. The third-order valence-electron chi connectivity index (χ3n) is 9.16. The van der Waals surface area contributed by atoms with Crippen molar-refractivity contribution in [3.05, 3.63) is 64.9 Å². The minimum absolute atomic E-state index is 0.0576. The highest BCUT2D eigenvalue weighted by atomic mass is 32.2. The molecule has 10 nitrogen and oxygen atoms in total. The van der Waals surface area contributed by atoms with Crippen LogP contribution in [0.15, 0.2) is 56.9 Å². The smallest absolute Gasteiger partial charge is 0.263 e. The molecule has 47 heavy (non-hydrogen) atoms. The minimum Gasteiger partial charge on any atom is -0.359 e. The van der Waals surface area contributed by atoms with E-state index in [-0.39, 0.29) is 35.5 Å². The number of amides is 2. The van der Waals surface area contributed by atoms with Gasteiger partial charge in [0.2, 0.25) is 5.91 Å². The van der Waals surface area contributed by atoms with E-state index in [2.05, 4.69) is 22.7 Å². The van der Waals surface area contributed by atoms with E-state index in [0.29, 0.717) is 35.4 Å². The predicted octanol–water partition coefficient (Wildman–Crippen LogP) is 6.37. The van der Waals surface area contributed by atoms with Gasteiger partial charge in [-0.05, 0) is 55.9 Å². The number of nitrogens with zero attached hydrogens (tertiary/aromatic N) is 4. The maximum absolute atomic E-state index is 13.8. The monoisotopic (exact) mass is 657 g/mol. The number of carbonyl (C=O) groups excluding carboxylic acids is 2. The average molecular weight is 658 g/mol. The summed E-state index contributed by atoms with van der Waals surface area (Å²) in [6.07, 6.45) is 12.2. The molecular formula is C36H43N5O5S. The molecule has 1 aromatic heterocycles. The lowest BCUT2D eigenvalue weighted by Crippen LogP contribution is -2.40. The summed E-state index contributed by atoms with van der Waals surface area (Å²) < 4.78 is 35.3. The van der Waals surface area contributed by atoms with Crippen LogP contribution in [0.5, 0.6) is 0 Å². The van der Waals surface area contributed by atoms with Crippen molar-refractivity contribution in [1.29, 1.82) is 0 Å². The summed E-state index contributed by atoms with van der Waals surface area (Å²) in [5, 5.41) is 3.88. The summed E-state index contributed by atoms with van der Waals surface area (Å²) in [6, 6.07) is 12.5. The summed E-state index contributed by atoms with van der Waals surface area (Å²) in [5.74, 6) is 3.94. The maximum atomic E-state index is 13.8. The number of benzene rings is 2. The number of anilines is 1. The minimum atomic E-state index is -4.08. The number of aromatic nitrogens is 1. The van der Waals surface area contributed by atoms with Crippen molar-refractivity contribution in [1.82, 2.24) is 15.0 Å². The molecule has 0 bridgehead atoms. The summed E-state index contributed by atoms with van der Waals surface area (Å²) in [4.78, 5) is 35.3. The molecular weight excluding hydrogens is 614 g/mol. The Hall–Kier alpha value is -4.43. The molecule has 2 aromatic carbocycles. The van der Waals surface area contributed by atoms with Gasteiger partial charge in [0, 0.05) is 44.0 Å². The molecule has 1 aliphatic carbocycles. The fourth-order valence-electron chi connectivity index (χ4n) is 6.35. The van der Waals surface area contributed by atoms with Crippen LogP contribution in [-0.4, -0.2) is 53.6 Å². The fourth-order valence-corrected chi connectivity index (χ4v) is 7.63. The highest BCUT2D eigenvalue weighted by molar-refractivity contribution is 7.92. The number of terminal acetylenes is 1. The fraction of sp³-hybridized carbons (Fsp3) is 0.444. The van der Waals surface area contributed by atoms with Gasteiger partial charge in [-0.1, -0.05) is 67.7 Å². The largest absolute Gasteiger partial charge is 0.359 e. The van der Waals surface area contributed by atoms with E-state index in [1.807, 2.05) is 23.1 Å². The molecule has 1 aliphatic heterocycles. The summed E-state index contributed by atoms with van der Waals surface area (Å²) in [6.45, 7) is 6.13. The molecule has 3 aromatic rings. The first-order valence-electron chi connectivity index (χ1n) is 16.2. The lowest BCUT2D eigenvalue weighted by Gasteiger charge is -2.24. The third-order valence-corrected chi connectivity index (χ3v) is 10.6. The Kier molecular flexibility index (Phi) is 10.2.